The van der Waals surface area contributed by atoms with E-state index in [1.54, 1.807) is 18.9 Å². The van der Waals surface area contributed by atoms with Crippen molar-refractivity contribution >= 4 is 56.5 Å². The molecule has 0 radical (unpaired) electrons. The molecule has 0 saturated heterocycles. The number of hydrogen-bond acceptors (Lipinski definition) is 7. The summed E-state index contributed by atoms with van der Waals surface area (Å²) >= 11 is 7.78. The maximum atomic E-state index is 6.08. The Morgan fingerprint density at radius 1 is 0.800 bits per heavy atom. The lowest BCUT2D eigenvalue weighted by Gasteiger charge is -2.12. The second-order valence-corrected chi connectivity index (χ2v) is 10.6. The molecule has 8 heteroatoms. The summed E-state index contributed by atoms with van der Waals surface area (Å²) < 4.78 is 10.8. The Labute approximate surface area is 241 Å². The molecule has 0 fully saturated rings. The van der Waals surface area contributed by atoms with Crippen LogP contribution in [0, 0.1) is 0 Å². The Bertz CT molecular complexity index is 1780. The van der Waals surface area contributed by atoms with Crippen LogP contribution < -0.4 is 10.1 Å². The van der Waals surface area contributed by atoms with Crippen LogP contribution in [0.3, 0.4) is 0 Å². The highest BCUT2D eigenvalue weighted by molar-refractivity contribution is 7.99. The number of nitrogens with zero attached hydrogens (tertiary/aromatic N) is 3. The second kappa shape index (κ2) is 11.9. The van der Waals surface area contributed by atoms with Crippen molar-refractivity contribution in [2.24, 2.45) is 0 Å². The zero-order chi connectivity index (χ0) is 27.3. The van der Waals surface area contributed by atoms with Crippen LogP contribution in [0.1, 0.15) is 0 Å². The van der Waals surface area contributed by atoms with Gasteiger partial charge in [0.1, 0.15) is 18.1 Å². The Hall–Kier alpha value is -4.17. The first kappa shape index (κ1) is 26.1. The first-order valence-electron chi connectivity index (χ1n) is 12.7. The Morgan fingerprint density at radius 3 is 2.40 bits per heavy atom. The lowest BCUT2D eigenvalue weighted by Crippen LogP contribution is -2.04. The van der Waals surface area contributed by atoms with Crippen molar-refractivity contribution in [3.05, 3.63) is 108 Å². The summed E-state index contributed by atoms with van der Waals surface area (Å²) in [5, 5.41) is 16.3. The van der Waals surface area contributed by atoms with Gasteiger partial charge in [0, 0.05) is 61.6 Å². The fourth-order valence-electron chi connectivity index (χ4n) is 4.41. The molecule has 0 aliphatic heterocycles. The first-order valence-corrected chi connectivity index (χ1v) is 13.9. The van der Waals surface area contributed by atoms with Crippen molar-refractivity contribution in [1.29, 1.82) is 0 Å². The van der Waals surface area contributed by atoms with Gasteiger partial charge in [-0.1, -0.05) is 59.8 Å². The summed E-state index contributed by atoms with van der Waals surface area (Å²) in [6, 6.07) is 32.1. The van der Waals surface area contributed by atoms with E-state index in [1.165, 1.54) is 0 Å². The number of aromatic nitrogens is 3. The first-order chi connectivity index (χ1) is 19.7. The number of methoxy groups -OCH3 is 1. The van der Waals surface area contributed by atoms with Gasteiger partial charge < -0.3 is 14.8 Å². The topological polar surface area (TPSA) is 69.2 Å². The standard InChI is InChI=1S/C32H25ClN4O2S/c1-38-18-19-39-24-12-15-28-29(20-24)34-17-16-30(28)40-25-13-10-23(11-14-25)35-32-27-5-3-2-4-26(27)31(36-37-32)21-6-8-22(33)9-7-21/h2-17,20H,18-19H2,1H3,(H,35,37). The summed E-state index contributed by atoms with van der Waals surface area (Å²) in [5.41, 5.74) is 3.62. The largest absolute Gasteiger partial charge is 0.491 e. The molecule has 0 atom stereocenters. The SMILES string of the molecule is COCCOc1ccc2c(Sc3ccc(Nc4nnc(-c5ccc(Cl)cc5)c5ccccc45)cc3)ccnc2c1. The minimum absolute atomic E-state index is 0.505. The molecule has 40 heavy (non-hydrogen) atoms. The van der Waals surface area contributed by atoms with Crippen LogP contribution in [0.25, 0.3) is 32.9 Å². The molecule has 198 valence electrons. The van der Waals surface area contributed by atoms with Gasteiger partial charge in [0.2, 0.25) is 0 Å². The van der Waals surface area contributed by atoms with Crippen molar-refractivity contribution in [2.45, 2.75) is 9.79 Å². The molecule has 4 aromatic carbocycles. The van der Waals surface area contributed by atoms with Crippen molar-refractivity contribution < 1.29 is 9.47 Å². The number of ether oxygens (including phenoxy) is 2. The highest BCUT2D eigenvalue weighted by Gasteiger charge is 2.12. The molecule has 6 aromatic rings. The predicted octanol–water partition coefficient (Wildman–Crippen LogP) is 8.42. The number of pyridine rings is 1. The van der Waals surface area contributed by atoms with E-state index < -0.39 is 0 Å². The summed E-state index contributed by atoms with van der Waals surface area (Å²) in [6.45, 7) is 1.05. The molecular weight excluding hydrogens is 540 g/mol. The molecular formula is C32H25ClN4O2S. The zero-order valence-corrected chi connectivity index (χ0v) is 23.2. The second-order valence-electron chi connectivity index (χ2n) is 9.03. The summed E-state index contributed by atoms with van der Waals surface area (Å²) in [6.07, 6.45) is 1.83. The summed E-state index contributed by atoms with van der Waals surface area (Å²) in [4.78, 5) is 6.78. The van der Waals surface area contributed by atoms with Gasteiger partial charge in [-0.25, -0.2) is 0 Å². The summed E-state index contributed by atoms with van der Waals surface area (Å²) in [7, 11) is 1.66. The Kier molecular flexibility index (Phi) is 7.77. The molecule has 0 aliphatic carbocycles. The van der Waals surface area contributed by atoms with Crippen LogP contribution in [0.4, 0.5) is 11.5 Å². The van der Waals surface area contributed by atoms with Crippen LogP contribution in [-0.4, -0.2) is 35.5 Å². The van der Waals surface area contributed by atoms with Crippen LogP contribution in [0.15, 0.2) is 113 Å². The van der Waals surface area contributed by atoms with E-state index in [0.717, 1.165) is 54.2 Å². The Balaban J connectivity index is 1.21. The van der Waals surface area contributed by atoms with Gasteiger partial charge in [-0.2, -0.15) is 0 Å². The van der Waals surface area contributed by atoms with Crippen molar-refractivity contribution in [2.75, 3.05) is 25.6 Å². The van der Waals surface area contributed by atoms with E-state index in [1.807, 2.05) is 60.8 Å². The van der Waals surface area contributed by atoms with Crippen molar-refractivity contribution in [3.63, 3.8) is 0 Å². The van der Waals surface area contributed by atoms with Gasteiger partial charge >= 0.3 is 0 Å². The molecule has 0 spiro atoms. The van der Waals surface area contributed by atoms with Gasteiger partial charge in [0.15, 0.2) is 5.82 Å². The minimum Gasteiger partial charge on any atom is -0.491 e. The lowest BCUT2D eigenvalue weighted by atomic mass is 10.0. The number of anilines is 2. The molecule has 2 aromatic heterocycles. The number of rotatable bonds is 9. The van der Waals surface area contributed by atoms with Crippen molar-refractivity contribution in [3.8, 4) is 17.0 Å². The maximum absolute atomic E-state index is 6.08. The van der Waals surface area contributed by atoms with Gasteiger partial charge in [-0.05, 0) is 54.6 Å². The smallest absolute Gasteiger partial charge is 0.161 e. The van der Waals surface area contributed by atoms with E-state index in [2.05, 4.69) is 63.0 Å². The van der Waals surface area contributed by atoms with Crippen LogP contribution >= 0.6 is 23.4 Å². The van der Waals surface area contributed by atoms with E-state index in [4.69, 9.17) is 21.1 Å². The molecule has 1 N–H and O–H groups in total. The number of benzene rings is 4. The molecule has 0 aliphatic rings. The van der Waals surface area contributed by atoms with Crippen LogP contribution in [0.2, 0.25) is 5.02 Å². The quantitative estimate of drug-likeness (QED) is 0.177. The molecule has 0 saturated carbocycles. The average Bonchev–Trinajstić information content (AvgIpc) is 2.99. The fourth-order valence-corrected chi connectivity index (χ4v) is 5.47. The van der Waals surface area contributed by atoms with E-state index in [-0.39, 0.29) is 0 Å². The third-order valence-electron chi connectivity index (χ3n) is 6.38. The highest BCUT2D eigenvalue weighted by atomic mass is 35.5. The third kappa shape index (κ3) is 5.72. The molecule has 0 unspecified atom stereocenters. The maximum Gasteiger partial charge on any atom is 0.161 e. The van der Waals surface area contributed by atoms with Gasteiger partial charge in [-0.3, -0.25) is 4.98 Å². The normalized spacial score (nSPS) is 11.2. The lowest BCUT2D eigenvalue weighted by molar-refractivity contribution is 0.146. The van der Waals surface area contributed by atoms with E-state index >= 15 is 0 Å². The monoisotopic (exact) mass is 564 g/mol. The fraction of sp³-hybridized carbons (Fsp3) is 0.0938. The molecule has 6 rings (SSSR count). The molecule has 0 amide bonds. The zero-order valence-electron chi connectivity index (χ0n) is 21.7. The highest BCUT2D eigenvalue weighted by Crippen LogP contribution is 2.36. The summed E-state index contributed by atoms with van der Waals surface area (Å²) in [5.74, 6) is 1.49. The molecule has 6 nitrogen and oxygen atoms in total. The number of nitrogens with one attached hydrogen (secondary N) is 1. The molecule has 2 heterocycles. The van der Waals surface area contributed by atoms with Gasteiger partial charge in [0.25, 0.3) is 0 Å². The third-order valence-corrected chi connectivity index (χ3v) is 7.72. The number of fused-ring (bicyclic) bond motifs is 2. The van der Waals surface area contributed by atoms with Crippen LogP contribution in [0.5, 0.6) is 5.75 Å². The van der Waals surface area contributed by atoms with Gasteiger partial charge in [-0.15, -0.1) is 10.2 Å². The average molecular weight is 565 g/mol. The predicted molar refractivity (Wildman–Crippen MR) is 163 cm³/mol. The van der Waals surface area contributed by atoms with Crippen LogP contribution in [-0.2, 0) is 4.74 Å². The van der Waals surface area contributed by atoms with E-state index in [9.17, 15) is 0 Å². The van der Waals surface area contributed by atoms with Gasteiger partial charge in [0.05, 0.1) is 12.1 Å². The van der Waals surface area contributed by atoms with E-state index in [0.29, 0.717) is 24.1 Å². The molecule has 0 bridgehead atoms. The van der Waals surface area contributed by atoms with Crippen molar-refractivity contribution in [1.82, 2.24) is 15.2 Å². The minimum atomic E-state index is 0.505. The Morgan fingerprint density at radius 2 is 1.60 bits per heavy atom. The number of halogens is 1. The number of hydrogen-bond donors (Lipinski definition) is 1.